The lowest BCUT2D eigenvalue weighted by molar-refractivity contribution is -0.425. The highest BCUT2D eigenvalue weighted by Gasteiger charge is 2.32. The maximum absolute atomic E-state index is 11.2. The van der Waals surface area contributed by atoms with Crippen molar-refractivity contribution in [1.29, 1.82) is 0 Å². The first kappa shape index (κ1) is 11.3. The second kappa shape index (κ2) is 5.18. The van der Waals surface area contributed by atoms with Crippen LogP contribution in [0.2, 0.25) is 0 Å². The Bertz CT molecular complexity index is 291. The zero-order valence-corrected chi connectivity index (χ0v) is 8.32. The highest BCUT2D eigenvalue weighted by molar-refractivity contribution is 5.86. The Morgan fingerprint density at radius 3 is 2.93 bits per heavy atom. The van der Waals surface area contributed by atoms with Crippen LogP contribution in [0, 0.1) is 10.1 Å². The molecule has 0 radical (unpaired) electrons. The van der Waals surface area contributed by atoms with E-state index in [0.717, 1.165) is 6.42 Å². The summed E-state index contributed by atoms with van der Waals surface area (Å²) in [5.74, 6) is -1.09. The van der Waals surface area contributed by atoms with Crippen LogP contribution in [0.25, 0.3) is 0 Å². The van der Waals surface area contributed by atoms with Gasteiger partial charge in [0.1, 0.15) is 0 Å². The topological polar surface area (TPSA) is 90.7 Å². The molecular formula is C8H12N2O5. The fourth-order valence-corrected chi connectivity index (χ4v) is 1.10. The van der Waals surface area contributed by atoms with Gasteiger partial charge < -0.3 is 14.8 Å². The number of rotatable bonds is 3. The molecule has 7 nitrogen and oxygen atoms in total. The molecule has 0 aromatic carbocycles. The monoisotopic (exact) mass is 216 g/mol. The van der Waals surface area contributed by atoms with Gasteiger partial charge in [-0.15, -0.1) is 0 Å². The Balaban J connectivity index is 2.88. The summed E-state index contributed by atoms with van der Waals surface area (Å²) in [5.41, 5.74) is -0.670. The van der Waals surface area contributed by atoms with Crippen LogP contribution in [0.1, 0.15) is 13.3 Å². The molecular weight excluding hydrogens is 204 g/mol. The minimum atomic E-state index is -0.980. The van der Waals surface area contributed by atoms with E-state index in [1.54, 1.807) is 6.92 Å². The van der Waals surface area contributed by atoms with Crippen molar-refractivity contribution in [2.24, 2.45) is 0 Å². The first-order valence-corrected chi connectivity index (χ1v) is 4.59. The normalized spacial score (nSPS) is 18.5. The van der Waals surface area contributed by atoms with Gasteiger partial charge >= 0.3 is 11.7 Å². The van der Waals surface area contributed by atoms with Crippen molar-refractivity contribution in [3.63, 3.8) is 0 Å². The van der Waals surface area contributed by atoms with E-state index in [-0.39, 0.29) is 12.5 Å². The lowest BCUT2D eigenvalue weighted by Crippen LogP contribution is -2.30. The van der Waals surface area contributed by atoms with Gasteiger partial charge in [0.15, 0.2) is 0 Å². The lowest BCUT2D eigenvalue weighted by atomic mass is 10.3. The number of carbonyl (C=O) groups is 1. The molecule has 0 aromatic heterocycles. The molecule has 15 heavy (non-hydrogen) atoms. The van der Waals surface area contributed by atoms with Crippen molar-refractivity contribution in [3.05, 3.63) is 21.7 Å². The van der Waals surface area contributed by atoms with Crippen molar-refractivity contribution in [2.75, 3.05) is 19.8 Å². The number of hydrogen-bond donors (Lipinski definition) is 1. The summed E-state index contributed by atoms with van der Waals surface area (Å²) in [6.45, 7) is 2.57. The molecule has 1 N–H and O–H groups in total. The Labute approximate surface area is 86.2 Å². The van der Waals surface area contributed by atoms with Gasteiger partial charge in [-0.2, -0.15) is 0 Å². The molecule has 1 heterocycles. The van der Waals surface area contributed by atoms with E-state index in [0.29, 0.717) is 13.2 Å². The molecule has 0 amide bonds. The van der Waals surface area contributed by atoms with E-state index >= 15 is 0 Å². The Morgan fingerprint density at radius 1 is 1.73 bits per heavy atom. The smallest absolute Gasteiger partial charge is 0.415 e. The number of nitrogens with zero attached hydrogens (tertiary/aromatic N) is 1. The molecule has 1 aliphatic heterocycles. The fraction of sp³-hybridized carbons (Fsp3) is 0.625. The first-order chi connectivity index (χ1) is 7.16. The zero-order chi connectivity index (χ0) is 11.3. The number of hydrogen-bond acceptors (Lipinski definition) is 6. The van der Waals surface area contributed by atoms with Gasteiger partial charge in [0.05, 0.1) is 18.1 Å². The zero-order valence-electron chi connectivity index (χ0n) is 8.32. The summed E-state index contributed by atoms with van der Waals surface area (Å²) in [4.78, 5) is 21.1. The van der Waals surface area contributed by atoms with Crippen molar-refractivity contribution in [3.8, 4) is 0 Å². The maximum Gasteiger partial charge on any atom is 0.415 e. The number of carbonyl (C=O) groups excluding carboxylic acids is 1. The molecule has 0 aliphatic carbocycles. The van der Waals surface area contributed by atoms with Crippen molar-refractivity contribution in [1.82, 2.24) is 5.32 Å². The average Bonchev–Trinajstić information content (AvgIpc) is 2.19. The molecule has 1 fully saturated rings. The van der Waals surface area contributed by atoms with Crippen molar-refractivity contribution >= 4 is 5.97 Å². The molecule has 0 bridgehead atoms. The molecule has 1 saturated heterocycles. The number of nitro groups is 1. The number of ether oxygens (including phenoxy) is 2. The quantitative estimate of drug-likeness (QED) is 0.309. The molecule has 0 atom stereocenters. The average molecular weight is 216 g/mol. The van der Waals surface area contributed by atoms with Crippen LogP contribution in [-0.4, -0.2) is 30.7 Å². The third kappa shape index (κ3) is 2.83. The summed E-state index contributed by atoms with van der Waals surface area (Å²) in [6, 6.07) is 0. The molecule has 7 heteroatoms. The number of nitrogens with one attached hydrogen (secondary N) is 1. The summed E-state index contributed by atoms with van der Waals surface area (Å²) >= 11 is 0. The van der Waals surface area contributed by atoms with E-state index in [9.17, 15) is 14.9 Å². The molecule has 0 spiro atoms. The van der Waals surface area contributed by atoms with Crippen LogP contribution >= 0.6 is 0 Å². The molecule has 1 aliphatic rings. The van der Waals surface area contributed by atoms with E-state index < -0.39 is 16.6 Å². The third-order valence-electron chi connectivity index (χ3n) is 1.72. The van der Waals surface area contributed by atoms with E-state index in [1.807, 2.05) is 0 Å². The molecule has 0 unspecified atom stereocenters. The Kier molecular flexibility index (Phi) is 3.90. The van der Waals surface area contributed by atoms with Gasteiger partial charge in [-0.25, -0.2) is 4.79 Å². The van der Waals surface area contributed by atoms with Gasteiger partial charge in [-0.3, -0.25) is 10.1 Å². The van der Waals surface area contributed by atoms with Crippen LogP contribution < -0.4 is 5.32 Å². The molecule has 0 aromatic rings. The summed E-state index contributed by atoms with van der Waals surface area (Å²) in [7, 11) is 0. The SMILES string of the molecule is CCOC(=O)C(=C1NCCCO1)[N+](=O)[O-]. The summed E-state index contributed by atoms with van der Waals surface area (Å²) in [6.07, 6.45) is 0.747. The van der Waals surface area contributed by atoms with E-state index in [4.69, 9.17) is 4.74 Å². The number of esters is 1. The van der Waals surface area contributed by atoms with Gasteiger partial charge in [-0.1, -0.05) is 0 Å². The van der Waals surface area contributed by atoms with Gasteiger partial charge in [-0.05, 0) is 13.3 Å². The highest BCUT2D eigenvalue weighted by atomic mass is 16.6. The molecule has 0 saturated carbocycles. The van der Waals surface area contributed by atoms with Gasteiger partial charge in [0.25, 0.3) is 5.88 Å². The van der Waals surface area contributed by atoms with E-state index in [2.05, 4.69) is 10.1 Å². The molecule has 1 rings (SSSR count). The third-order valence-corrected chi connectivity index (χ3v) is 1.72. The second-order valence-corrected chi connectivity index (χ2v) is 2.78. The van der Waals surface area contributed by atoms with Crippen LogP contribution in [0.3, 0.4) is 0 Å². The Hall–Kier alpha value is -1.79. The van der Waals surface area contributed by atoms with Crippen LogP contribution in [0.15, 0.2) is 11.6 Å². The van der Waals surface area contributed by atoms with Crippen LogP contribution in [0.4, 0.5) is 0 Å². The van der Waals surface area contributed by atoms with Crippen molar-refractivity contribution in [2.45, 2.75) is 13.3 Å². The second-order valence-electron chi connectivity index (χ2n) is 2.78. The van der Waals surface area contributed by atoms with Gasteiger partial charge in [0.2, 0.25) is 0 Å². The van der Waals surface area contributed by atoms with Crippen molar-refractivity contribution < 1.29 is 19.2 Å². The van der Waals surface area contributed by atoms with E-state index in [1.165, 1.54) is 0 Å². The first-order valence-electron chi connectivity index (χ1n) is 4.59. The fourth-order valence-electron chi connectivity index (χ4n) is 1.10. The van der Waals surface area contributed by atoms with Crippen LogP contribution in [0.5, 0.6) is 0 Å². The summed E-state index contributed by atoms with van der Waals surface area (Å²) in [5, 5.41) is 13.3. The van der Waals surface area contributed by atoms with Crippen LogP contribution in [-0.2, 0) is 14.3 Å². The van der Waals surface area contributed by atoms with Gasteiger partial charge in [0, 0.05) is 6.54 Å². The predicted molar refractivity (Wildman–Crippen MR) is 49.2 cm³/mol. The standard InChI is InChI=1S/C8H12N2O5/c1-2-14-8(11)6(10(12)13)7-9-4-3-5-15-7/h9H,2-5H2,1H3. The minimum Gasteiger partial charge on any atom is -0.474 e. The Morgan fingerprint density at radius 2 is 2.47 bits per heavy atom. The minimum absolute atomic E-state index is 0.0868. The lowest BCUT2D eigenvalue weighted by Gasteiger charge is -2.17. The summed E-state index contributed by atoms with van der Waals surface area (Å²) < 4.78 is 9.55. The predicted octanol–water partition coefficient (Wildman–Crippen LogP) is 0.00520. The molecule has 84 valence electrons. The highest BCUT2D eigenvalue weighted by Crippen LogP contribution is 2.10. The largest absolute Gasteiger partial charge is 0.474 e. The maximum atomic E-state index is 11.2.